The topological polar surface area (TPSA) is 61.8 Å². The van der Waals surface area contributed by atoms with E-state index in [0.717, 1.165) is 16.7 Å². The SMILES string of the molecule is Cc1ccc(C)c(OCC(=O)Oc2ccc(C(=O)OCCc3ccccc3)cc2)c1. The van der Waals surface area contributed by atoms with Crippen LogP contribution in [0.3, 0.4) is 0 Å². The highest BCUT2D eigenvalue weighted by atomic mass is 16.6. The van der Waals surface area contributed by atoms with Gasteiger partial charge in [-0.25, -0.2) is 9.59 Å². The Bertz CT molecular complexity index is 994. The lowest BCUT2D eigenvalue weighted by Crippen LogP contribution is -2.18. The fourth-order valence-corrected chi connectivity index (χ4v) is 2.81. The average molecular weight is 404 g/mol. The Balaban J connectivity index is 1.45. The zero-order valence-electron chi connectivity index (χ0n) is 17.1. The Morgan fingerprint density at radius 3 is 2.33 bits per heavy atom. The predicted molar refractivity (Wildman–Crippen MR) is 114 cm³/mol. The van der Waals surface area contributed by atoms with Gasteiger partial charge in [-0.3, -0.25) is 0 Å². The molecule has 0 bridgehead atoms. The molecule has 0 spiro atoms. The Morgan fingerprint density at radius 2 is 1.60 bits per heavy atom. The second-order valence-electron chi connectivity index (χ2n) is 6.93. The Kier molecular flexibility index (Phi) is 7.22. The summed E-state index contributed by atoms with van der Waals surface area (Å²) in [5, 5.41) is 0. The summed E-state index contributed by atoms with van der Waals surface area (Å²) in [7, 11) is 0. The lowest BCUT2D eigenvalue weighted by molar-refractivity contribution is -0.136. The summed E-state index contributed by atoms with van der Waals surface area (Å²) < 4.78 is 16.1. The zero-order chi connectivity index (χ0) is 21.3. The standard InChI is InChI=1S/C25H24O5/c1-18-8-9-19(2)23(16-18)29-17-24(26)30-22-12-10-21(11-13-22)25(27)28-15-14-20-6-4-3-5-7-20/h3-13,16H,14-15,17H2,1-2H3. The number of esters is 2. The van der Waals surface area contributed by atoms with E-state index in [2.05, 4.69) is 0 Å². The van der Waals surface area contributed by atoms with Crippen molar-refractivity contribution < 1.29 is 23.8 Å². The third-order valence-corrected chi connectivity index (χ3v) is 4.48. The molecule has 0 unspecified atom stereocenters. The smallest absolute Gasteiger partial charge is 0.349 e. The number of benzene rings is 3. The molecule has 3 aromatic rings. The number of rotatable bonds is 8. The number of ether oxygens (including phenoxy) is 3. The van der Waals surface area contributed by atoms with E-state index in [0.29, 0.717) is 30.1 Å². The first-order valence-corrected chi connectivity index (χ1v) is 9.73. The molecule has 3 rings (SSSR count). The minimum Gasteiger partial charge on any atom is -0.482 e. The zero-order valence-corrected chi connectivity index (χ0v) is 17.1. The van der Waals surface area contributed by atoms with Gasteiger partial charge in [-0.15, -0.1) is 0 Å². The maximum Gasteiger partial charge on any atom is 0.349 e. The molecular formula is C25H24O5. The highest BCUT2D eigenvalue weighted by Crippen LogP contribution is 2.19. The van der Waals surface area contributed by atoms with E-state index in [1.165, 1.54) is 0 Å². The largest absolute Gasteiger partial charge is 0.482 e. The molecule has 0 fully saturated rings. The van der Waals surface area contributed by atoms with Gasteiger partial charge >= 0.3 is 11.9 Å². The number of carbonyl (C=O) groups is 2. The molecule has 0 radical (unpaired) electrons. The van der Waals surface area contributed by atoms with Crippen LogP contribution in [-0.4, -0.2) is 25.2 Å². The highest BCUT2D eigenvalue weighted by Gasteiger charge is 2.11. The molecule has 30 heavy (non-hydrogen) atoms. The summed E-state index contributed by atoms with van der Waals surface area (Å²) in [5.74, 6) is 0.0575. The summed E-state index contributed by atoms with van der Waals surface area (Å²) in [4.78, 5) is 24.2. The Labute approximate surface area is 176 Å². The molecule has 0 amide bonds. The van der Waals surface area contributed by atoms with Gasteiger partial charge in [0.1, 0.15) is 11.5 Å². The molecule has 5 heteroatoms. The van der Waals surface area contributed by atoms with E-state index in [-0.39, 0.29) is 6.61 Å². The maximum absolute atomic E-state index is 12.1. The molecule has 0 atom stereocenters. The van der Waals surface area contributed by atoms with Crippen LogP contribution in [0.1, 0.15) is 27.0 Å². The monoisotopic (exact) mass is 404 g/mol. The molecule has 3 aromatic carbocycles. The quantitative estimate of drug-likeness (QED) is 0.403. The summed E-state index contributed by atoms with van der Waals surface area (Å²) in [5.41, 5.74) is 3.50. The molecule has 0 aliphatic carbocycles. The fraction of sp³-hybridized carbons (Fsp3) is 0.200. The van der Waals surface area contributed by atoms with Gasteiger partial charge in [-0.2, -0.15) is 0 Å². The third kappa shape index (κ3) is 6.21. The number of hydrogen-bond donors (Lipinski definition) is 0. The van der Waals surface area contributed by atoms with Crippen LogP contribution in [0.15, 0.2) is 72.8 Å². The van der Waals surface area contributed by atoms with Crippen LogP contribution in [0.4, 0.5) is 0 Å². The fourth-order valence-electron chi connectivity index (χ4n) is 2.81. The number of hydrogen-bond acceptors (Lipinski definition) is 5. The van der Waals surface area contributed by atoms with Crippen molar-refractivity contribution in [3.8, 4) is 11.5 Å². The molecule has 154 valence electrons. The van der Waals surface area contributed by atoms with E-state index in [4.69, 9.17) is 14.2 Å². The van der Waals surface area contributed by atoms with Gasteiger partial charge in [0.05, 0.1) is 12.2 Å². The van der Waals surface area contributed by atoms with Gasteiger partial charge < -0.3 is 14.2 Å². The van der Waals surface area contributed by atoms with E-state index in [9.17, 15) is 9.59 Å². The second-order valence-corrected chi connectivity index (χ2v) is 6.93. The van der Waals surface area contributed by atoms with E-state index in [1.807, 2.05) is 62.4 Å². The number of aryl methyl sites for hydroxylation is 2. The first-order chi connectivity index (χ1) is 14.5. The van der Waals surface area contributed by atoms with Crippen molar-refractivity contribution in [2.75, 3.05) is 13.2 Å². The van der Waals surface area contributed by atoms with Crippen molar-refractivity contribution in [1.82, 2.24) is 0 Å². The van der Waals surface area contributed by atoms with Gasteiger partial charge in [-0.1, -0.05) is 42.5 Å². The predicted octanol–water partition coefficient (Wildman–Crippen LogP) is 4.69. The van der Waals surface area contributed by atoms with E-state index >= 15 is 0 Å². The van der Waals surface area contributed by atoms with Crippen LogP contribution in [-0.2, 0) is 16.0 Å². The molecule has 0 aliphatic rings. The number of carbonyl (C=O) groups excluding carboxylic acids is 2. The minimum atomic E-state index is -0.519. The molecule has 0 aromatic heterocycles. The van der Waals surface area contributed by atoms with Crippen LogP contribution < -0.4 is 9.47 Å². The lowest BCUT2D eigenvalue weighted by atomic mass is 10.1. The molecule has 5 nitrogen and oxygen atoms in total. The average Bonchev–Trinajstić information content (AvgIpc) is 2.75. The summed E-state index contributed by atoms with van der Waals surface area (Å²) in [6, 6.07) is 21.9. The van der Waals surface area contributed by atoms with Gasteiger partial charge in [-0.05, 0) is 60.9 Å². The summed E-state index contributed by atoms with van der Waals surface area (Å²) >= 11 is 0. The first-order valence-electron chi connectivity index (χ1n) is 9.73. The van der Waals surface area contributed by atoms with Crippen LogP contribution in [0, 0.1) is 13.8 Å². The van der Waals surface area contributed by atoms with Crippen molar-refractivity contribution in [2.24, 2.45) is 0 Å². The van der Waals surface area contributed by atoms with E-state index in [1.54, 1.807) is 24.3 Å². The van der Waals surface area contributed by atoms with Crippen LogP contribution in [0.25, 0.3) is 0 Å². The Morgan fingerprint density at radius 1 is 0.867 bits per heavy atom. The first kappa shape index (κ1) is 21.1. The maximum atomic E-state index is 12.1. The van der Waals surface area contributed by atoms with Crippen LogP contribution in [0.2, 0.25) is 0 Å². The molecule has 0 heterocycles. The lowest BCUT2D eigenvalue weighted by Gasteiger charge is -2.10. The van der Waals surface area contributed by atoms with Crippen LogP contribution in [0.5, 0.6) is 11.5 Å². The molecule has 0 N–H and O–H groups in total. The molecule has 0 saturated carbocycles. The second kappa shape index (κ2) is 10.3. The molecule has 0 aliphatic heterocycles. The minimum absolute atomic E-state index is 0.201. The molecule has 0 saturated heterocycles. The van der Waals surface area contributed by atoms with Crippen molar-refractivity contribution in [1.29, 1.82) is 0 Å². The normalized spacial score (nSPS) is 10.3. The molecular weight excluding hydrogens is 380 g/mol. The van der Waals surface area contributed by atoms with Crippen molar-refractivity contribution in [3.05, 3.63) is 95.1 Å². The van der Waals surface area contributed by atoms with Crippen molar-refractivity contribution in [2.45, 2.75) is 20.3 Å². The van der Waals surface area contributed by atoms with Gasteiger partial charge in [0.25, 0.3) is 0 Å². The highest BCUT2D eigenvalue weighted by molar-refractivity contribution is 5.89. The van der Waals surface area contributed by atoms with Crippen molar-refractivity contribution >= 4 is 11.9 Å². The Hall–Kier alpha value is -3.60. The van der Waals surface area contributed by atoms with Gasteiger partial charge in [0.15, 0.2) is 6.61 Å². The van der Waals surface area contributed by atoms with Gasteiger partial charge in [0, 0.05) is 6.42 Å². The van der Waals surface area contributed by atoms with E-state index < -0.39 is 11.9 Å². The summed E-state index contributed by atoms with van der Waals surface area (Å²) in [6.45, 7) is 3.97. The van der Waals surface area contributed by atoms with Gasteiger partial charge in [0.2, 0.25) is 0 Å². The third-order valence-electron chi connectivity index (χ3n) is 4.48. The summed E-state index contributed by atoms with van der Waals surface area (Å²) in [6.07, 6.45) is 0.655. The van der Waals surface area contributed by atoms with Crippen molar-refractivity contribution in [3.63, 3.8) is 0 Å². The van der Waals surface area contributed by atoms with Crippen LogP contribution >= 0.6 is 0 Å².